The lowest BCUT2D eigenvalue weighted by molar-refractivity contribution is -0.158. The van der Waals surface area contributed by atoms with Gasteiger partial charge in [-0.15, -0.1) is 6.42 Å². The third-order valence-electron chi connectivity index (χ3n) is 4.93. The third kappa shape index (κ3) is 4.50. The van der Waals surface area contributed by atoms with Crippen LogP contribution in [0.5, 0.6) is 0 Å². The predicted octanol–water partition coefficient (Wildman–Crippen LogP) is 1.70. The quantitative estimate of drug-likeness (QED) is 0.366. The summed E-state index contributed by atoms with van der Waals surface area (Å²) in [7, 11) is 0. The molecule has 0 radical (unpaired) electrons. The highest BCUT2D eigenvalue weighted by molar-refractivity contribution is 5.96. The van der Waals surface area contributed by atoms with Gasteiger partial charge in [-0.3, -0.25) is 14.2 Å². The molecule has 0 aliphatic carbocycles. The largest absolute Gasteiger partial charge is 0.458 e. The molecule has 1 fully saturated rings. The zero-order valence-electron chi connectivity index (χ0n) is 17.3. The highest BCUT2D eigenvalue weighted by atomic mass is 19.1. The maximum atomic E-state index is 14.1. The summed E-state index contributed by atoms with van der Waals surface area (Å²) in [6.07, 6.45) is 5.84. The molecule has 0 spiro atoms. The average Bonchev–Trinajstić information content (AvgIpc) is 3.30. The van der Waals surface area contributed by atoms with Crippen LogP contribution in [0.1, 0.15) is 52.2 Å². The molecular weight excluding hydrogens is 409 g/mol. The van der Waals surface area contributed by atoms with E-state index >= 15 is 0 Å². The molecular formula is C20H24FN5O5. The minimum Gasteiger partial charge on any atom is -0.458 e. The first-order valence-corrected chi connectivity index (χ1v) is 10.0. The number of aliphatic hydroxyl groups is 1. The highest BCUT2D eigenvalue weighted by Gasteiger charge is 2.51. The van der Waals surface area contributed by atoms with Crippen LogP contribution in [0.4, 0.5) is 10.2 Å². The Kier molecular flexibility index (Phi) is 6.82. The molecule has 1 aliphatic rings. The number of esters is 1. The van der Waals surface area contributed by atoms with E-state index in [9.17, 15) is 19.1 Å². The average molecular weight is 433 g/mol. The molecule has 10 nitrogen and oxygen atoms in total. The van der Waals surface area contributed by atoms with Gasteiger partial charge in [-0.25, -0.2) is 4.98 Å². The second-order valence-corrected chi connectivity index (χ2v) is 7.19. The molecule has 3 unspecified atom stereocenters. The number of fused-ring (bicyclic) bond motifs is 1. The fourth-order valence-corrected chi connectivity index (χ4v) is 3.40. The first kappa shape index (κ1) is 22.6. The van der Waals surface area contributed by atoms with E-state index in [0.29, 0.717) is 12.8 Å². The third-order valence-corrected chi connectivity index (χ3v) is 4.93. The number of hydrogen-bond donors (Lipinski definition) is 2. The number of anilines is 1. The maximum Gasteiger partial charge on any atom is 0.312 e. The molecule has 31 heavy (non-hydrogen) atoms. The molecule has 3 heterocycles. The van der Waals surface area contributed by atoms with Crippen molar-refractivity contribution in [2.75, 3.05) is 11.9 Å². The van der Waals surface area contributed by atoms with Crippen molar-refractivity contribution in [3.8, 4) is 12.3 Å². The smallest absolute Gasteiger partial charge is 0.312 e. The van der Waals surface area contributed by atoms with Gasteiger partial charge in [0, 0.05) is 19.3 Å². The summed E-state index contributed by atoms with van der Waals surface area (Å²) in [4.78, 5) is 35.5. The summed E-state index contributed by atoms with van der Waals surface area (Å²) in [5.74, 6) is 1.53. The van der Waals surface area contributed by atoms with E-state index in [1.54, 1.807) is 0 Å². The van der Waals surface area contributed by atoms with Gasteiger partial charge >= 0.3 is 12.0 Å². The molecule has 0 aromatic carbocycles. The Hall–Kier alpha value is -3.10. The Morgan fingerprint density at radius 3 is 2.81 bits per heavy atom. The summed E-state index contributed by atoms with van der Waals surface area (Å²) in [5.41, 5.74) is -1.33. The number of imidazole rings is 1. The van der Waals surface area contributed by atoms with E-state index < -0.39 is 36.6 Å². The van der Waals surface area contributed by atoms with Crippen molar-refractivity contribution in [1.29, 1.82) is 0 Å². The van der Waals surface area contributed by atoms with Crippen LogP contribution in [0.15, 0.2) is 6.33 Å². The van der Waals surface area contributed by atoms with Crippen LogP contribution in [-0.4, -0.2) is 54.8 Å². The van der Waals surface area contributed by atoms with Gasteiger partial charge in [-0.1, -0.05) is 19.8 Å². The number of nitrogens with one attached hydrogen (secondary N) is 1. The number of halogens is 1. The number of carbonyl (C=O) groups is 2. The van der Waals surface area contributed by atoms with E-state index in [4.69, 9.17) is 15.9 Å². The Labute approximate surface area is 178 Å². The van der Waals surface area contributed by atoms with Crippen LogP contribution >= 0.6 is 0 Å². The molecule has 11 heteroatoms. The van der Waals surface area contributed by atoms with E-state index in [0.717, 1.165) is 0 Å². The lowest BCUT2D eigenvalue weighted by Gasteiger charge is -2.26. The van der Waals surface area contributed by atoms with Gasteiger partial charge in [0.2, 0.25) is 5.91 Å². The van der Waals surface area contributed by atoms with Gasteiger partial charge in [-0.2, -0.15) is 14.4 Å². The molecule has 1 amide bonds. The molecule has 0 bridgehead atoms. The molecule has 1 aliphatic heterocycles. The topological polar surface area (TPSA) is 128 Å². The zero-order chi connectivity index (χ0) is 22.6. The first-order valence-electron chi connectivity index (χ1n) is 10.0. The predicted molar refractivity (Wildman–Crippen MR) is 107 cm³/mol. The van der Waals surface area contributed by atoms with Crippen molar-refractivity contribution in [3.63, 3.8) is 0 Å². The molecule has 3 rings (SSSR count). The highest BCUT2D eigenvalue weighted by Crippen LogP contribution is 2.40. The normalized spacial score (nSPS) is 22.9. The van der Waals surface area contributed by atoms with Crippen molar-refractivity contribution in [3.05, 3.63) is 12.4 Å². The standard InChI is InChI=1S/C20H24FN5O5/c1-4-7-13(28)23-17-16-18(25-19(21)24-17)26(11-22-16)14-9-12(30-15(29)8-5-2)20(6-3,10-27)31-14/h3,11-12,14,27H,4-5,7-10H2,1-2H3,(H,23,24,25,28). The lowest BCUT2D eigenvalue weighted by atomic mass is 9.98. The Morgan fingerprint density at radius 1 is 1.42 bits per heavy atom. The lowest BCUT2D eigenvalue weighted by Crippen LogP contribution is -2.44. The number of terminal acetylenes is 1. The molecule has 0 saturated carbocycles. The van der Waals surface area contributed by atoms with Crippen molar-refractivity contribution in [2.45, 2.75) is 63.9 Å². The Morgan fingerprint density at radius 2 is 2.16 bits per heavy atom. The van der Waals surface area contributed by atoms with E-state index in [-0.39, 0.29) is 42.2 Å². The molecule has 166 valence electrons. The zero-order valence-corrected chi connectivity index (χ0v) is 17.3. The number of aliphatic hydroxyl groups excluding tert-OH is 1. The SMILES string of the molecule is C#CC1(CO)OC(n2cnc3c(NC(=O)CCC)nc(F)nc32)CC1OC(=O)CCC. The van der Waals surface area contributed by atoms with Crippen molar-refractivity contribution >= 4 is 28.9 Å². The summed E-state index contributed by atoms with van der Waals surface area (Å²) in [5, 5.41) is 12.4. The van der Waals surface area contributed by atoms with Crippen LogP contribution in [0.3, 0.4) is 0 Å². The van der Waals surface area contributed by atoms with E-state index in [1.165, 1.54) is 10.9 Å². The van der Waals surface area contributed by atoms with Crippen LogP contribution in [-0.2, 0) is 19.1 Å². The van der Waals surface area contributed by atoms with Gasteiger partial charge in [0.1, 0.15) is 12.3 Å². The molecule has 3 atom stereocenters. The summed E-state index contributed by atoms with van der Waals surface area (Å²) >= 11 is 0. The van der Waals surface area contributed by atoms with Gasteiger partial charge < -0.3 is 19.9 Å². The molecule has 2 N–H and O–H groups in total. The van der Waals surface area contributed by atoms with Crippen molar-refractivity contribution < 1.29 is 28.6 Å². The number of aromatic nitrogens is 4. The number of amides is 1. The first-order chi connectivity index (χ1) is 14.9. The fourth-order valence-electron chi connectivity index (χ4n) is 3.40. The number of carbonyl (C=O) groups excluding carboxylic acids is 2. The van der Waals surface area contributed by atoms with Crippen LogP contribution in [0, 0.1) is 18.4 Å². The van der Waals surface area contributed by atoms with Crippen LogP contribution in [0.2, 0.25) is 0 Å². The van der Waals surface area contributed by atoms with E-state index in [2.05, 4.69) is 26.2 Å². The van der Waals surface area contributed by atoms with Gasteiger partial charge in [0.15, 0.2) is 22.6 Å². The van der Waals surface area contributed by atoms with Gasteiger partial charge in [0.25, 0.3) is 0 Å². The number of hydrogen-bond acceptors (Lipinski definition) is 8. The van der Waals surface area contributed by atoms with Crippen molar-refractivity contribution in [1.82, 2.24) is 19.5 Å². The van der Waals surface area contributed by atoms with Crippen LogP contribution in [0.25, 0.3) is 11.2 Å². The molecule has 2 aromatic heterocycles. The van der Waals surface area contributed by atoms with Gasteiger partial charge in [0.05, 0.1) is 12.9 Å². The van der Waals surface area contributed by atoms with E-state index in [1.807, 2.05) is 13.8 Å². The van der Waals surface area contributed by atoms with Gasteiger partial charge in [-0.05, 0) is 12.8 Å². The second kappa shape index (κ2) is 9.36. The van der Waals surface area contributed by atoms with Crippen molar-refractivity contribution in [2.24, 2.45) is 0 Å². The minimum absolute atomic E-state index is 0.0611. The number of ether oxygens (including phenoxy) is 2. The Balaban J connectivity index is 1.94. The van der Waals surface area contributed by atoms with Crippen LogP contribution < -0.4 is 5.32 Å². The molecule has 2 aromatic rings. The number of rotatable bonds is 8. The number of nitrogens with zero attached hydrogens (tertiary/aromatic N) is 4. The summed E-state index contributed by atoms with van der Waals surface area (Å²) < 4.78 is 26.8. The maximum absolute atomic E-state index is 14.1. The fraction of sp³-hybridized carbons (Fsp3) is 0.550. The summed E-state index contributed by atoms with van der Waals surface area (Å²) in [6.45, 7) is 3.08. The minimum atomic E-state index is -1.56. The Bertz CT molecular complexity index is 1020. The second-order valence-electron chi connectivity index (χ2n) is 7.19. The summed E-state index contributed by atoms with van der Waals surface area (Å²) in [6, 6.07) is 0. The monoisotopic (exact) mass is 433 g/mol. The molecule has 1 saturated heterocycles.